The zero-order valence-corrected chi connectivity index (χ0v) is 11.3. The summed E-state index contributed by atoms with van der Waals surface area (Å²) in [7, 11) is 0. The number of fused-ring (bicyclic) bond motifs is 1. The van der Waals surface area contributed by atoms with Gasteiger partial charge in [0.1, 0.15) is 0 Å². The molecule has 1 heterocycles. The summed E-state index contributed by atoms with van der Waals surface area (Å²) in [4.78, 5) is 11.5. The molecular formula is C16H14N4O. The van der Waals surface area contributed by atoms with Gasteiger partial charge in [-0.3, -0.25) is 4.79 Å². The van der Waals surface area contributed by atoms with E-state index in [1.807, 2.05) is 18.2 Å². The topological polar surface area (TPSA) is 90.9 Å². The third kappa shape index (κ3) is 2.65. The summed E-state index contributed by atoms with van der Waals surface area (Å²) in [6.45, 7) is 0. The number of nitrogens with zero attached hydrogens (tertiary/aromatic N) is 1. The van der Waals surface area contributed by atoms with Crippen LogP contribution in [0.4, 0.5) is 22.7 Å². The Balaban J connectivity index is 1.93. The normalized spacial score (nSPS) is 13.0. The van der Waals surface area contributed by atoms with Gasteiger partial charge in [-0.25, -0.2) is 0 Å². The Morgan fingerprint density at radius 3 is 2.90 bits per heavy atom. The van der Waals surface area contributed by atoms with Crippen LogP contribution in [0.15, 0.2) is 36.4 Å². The summed E-state index contributed by atoms with van der Waals surface area (Å²) in [5.74, 6) is 0.0182. The predicted molar refractivity (Wildman–Crippen MR) is 82.2 cm³/mol. The van der Waals surface area contributed by atoms with Gasteiger partial charge in [0.15, 0.2) is 0 Å². The molecule has 0 fully saturated rings. The molecule has 0 bridgehead atoms. The molecule has 104 valence electrons. The minimum absolute atomic E-state index is 0.0182. The molecule has 0 aliphatic carbocycles. The van der Waals surface area contributed by atoms with E-state index in [9.17, 15) is 4.79 Å². The maximum absolute atomic E-state index is 11.5. The van der Waals surface area contributed by atoms with Crippen molar-refractivity contribution in [1.29, 1.82) is 5.26 Å². The number of nitriles is 1. The lowest BCUT2D eigenvalue weighted by Crippen LogP contribution is -2.19. The van der Waals surface area contributed by atoms with Gasteiger partial charge in [-0.1, -0.05) is 6.07 Å². The number of anilines is 4. The molecule has 21 heavy (non-hydrogen) atoms. The van der Waals surface area contributed by atoms with Crippen molar-refractivity contribution in [2.24, 2.45) is 0 Å². The van der Waals surface area contributed by atoms with Gasteiger partial charge in [0.05, 0.1) is 23.0 Å². The van der Waals surface area contributed by atoms with Gasteiger partial charge < -0.3 is 16.4 Å². The van der Waals surface area contributed by atoms with E-state index in [0.29, 0.717) is 29.8 Å². The molecule has 0 spiro atoms. The fourth-order valence-electron chi connectivity index (χ4n) is 2.38. The molecule has 1 aliphatic heterocycles. The quantitative estimate of drug-likeness (QED) is 0.737. The molecule has 0 radical (unpaired) electrons. The summed E-state index contributed by atoms with van der Waals surface area (Å²) in [6.07, 6.45) is 1.19. The van der Waals surface area contributed by atoms with E-state index in [-0.39, 0.29) is 5.91 Å². The standard InChI is InChI=1S/C16H14N4O/c17-9-10-2-1-3-12(6-10)19-15-8-14-11(7-13(15)18)4-5-16(21)20-14/h1-3,6-8,19H,4-5,18H2,(H,20,21). The minimum atomic E-state index is 0.0182. The molecule has 0 saturated heterocycles. The number of rotatable bonds is 2. The van der Waals surface area contributed by atoms with Gasteiger partial charge in [0.2, 0.25) is 5.91 Å². The summed E-state index contributed by atoms with van der Waals surface area (Å²) in [5, 5.41) is 15.0. The Labute approximate surface area is 122 Å². The molecule has 2 aromatic carbocycles. The van der Waals surface area contributed by atoms with Gasteiger partial charge in [-0.2, -0.15) is 5.26 Å². The SMILES string of the molecule is N#Cc1cccc(Nc2cc3c(cc2N)CCC(=O)N3)c1. The Bertz CT molecular complexity index is 761. The van der Waals surface area contributed by atoms with E-state index >= 15 is 0 Å². The van der Waals surface area contributed by atoms with Crippen LogP contribution in [0.2, 0.25) is 0 Å². The molecule has 0 aromatic heterocycles. The van der Waals surface area contributed by atoms with Crippen LogP contribution in [0, 0.1) is 11.3 Å². The number of amides is 1. The van der Waals surface area contributed by atoms with Crippen LogP contribution >= 0.6 is 0 Å². The number of hydrogen-bond donors (Lipinski definition) is 3. The van der Waals surface area contributed by atoms with E-state index in [2.05, 4.69) is 16.7 Å². The van der Waals surface area contributed by atoms with Crippen LogP contribution in [0.5, 0.6) is 0 Å². The van der Waals surface area contributed by atoms with Crippen molar-refractivity contribution in [1.82, 2.24) is 0 Å². The number of carbonyl (C=O) groups is 1. The highest BCUT2D eigenvalue weighted by atomic mass is 16.1. The van der Waals surface area contributed by atoms with Crippen LogP contribution < -0.4 is 16.4 Å². The third-order valence-corrected chi connectivity index (χ3v) is 3.44. The first kappa shape index (κ1) is 13.0. The second-order valence-electron chi connectivity index (χ2n) is 4.96. The average molecular weight is 278 g/mol. The van der Waals surface area contributed by atoms with Crippen molar-refractivity contribution in [2.45, 2.75) is 12.8 Å². The third-order valence-electron chi connectivity index (χ3n) is 3.44. The lowest BCUT2D eigenvalue weighted by atomic mass is 10.0. The molecule has 5 heteroatoms. The van der Waals surface area contributed by atoms with E-state index in [1.165, 1.54) is 0 Å². The van der Waals surface area contributed by atoms with Crippen LogP contribution in [-0.2, 0) is 11.2 Å². The first-order valence-corrected chi connectivity index (χ1v) is 6.65. The number of nitrogens with one attached hydrogen (secondary N) is 2. The number of benzene rings is 2. The fourth-order valence-corrected chi connectivity index (χ4v) is 2.38. The summed E-state index contributed by atoms with van der Waals surface area (Å²) in [5.41, 5.74) is 10.6. The monoisotopic (exact) mass is 278 g/mol. The Morgan fingerprint density at radius 1 is 1.24 bits per heavy atom. The highest BCUT2D eigenvalue weighted by Gasteiger charge is 2.16. The molecule has 5 nitrogen and oxygen atoms in total. The molecule has 4 N–H and O–H groups in total. The van der Waals surface area contributed by atoms with Crippen molar-refractivity contribution in [3.8, 4) is 6.07 Å². The molecule has 0 atom stereocenters. The fraction of sp³-hybridized carbons (Fsp3) is 0.125. The molecule has 0 unspecified atom stereocenters. The molecular weight excluding hydrogens is 264 g/mol. The average Bonchev–Trinajstić information content (AvgIpc) is 2.49. The van der Waals surface area contributed by atoms with E-state index in [4.69, 9.17) is 11.0 Å². The van der Waals surface area contributed by atoms with Crippen molar-refractivity contribution < 1.29 is 4.79 Å². The molecule has 3 rings (SSSR count). The number of hydrogen-bond acceptors (Lipinski definition) is 4. The zero-order valence-electron chi connectivity index (χ0n) is 11.3. The van der Waals surface area contributed by atoms with Gasteiger partial charge in [0.25, 0.3) is 0 Å². The number of nitrogens with two attached hydrogens (primary N) is 1. The summed E-state index contributed by atoms with van der Waals surface area (Å²) < 4.78 is 0. The number of carbonyl (C=O) groups excluding carboxylic acids is 1. The first-order chi connectivity index (χ1) is 10.2. The van der Waals surface area contributed by atoms with Gasteiger partial charge in [0, 0.05) is 17.8 Å². The van der Waals surface area contributed by atoms with Gasteiger partial charge in [-0.15, -0.1) is 0 Å². The first-order valence-electron chi connectivity index (χ1n) is 6.65. The maximum Gasteiger partial charge on any atom is 0.224 e. The highest BCUT2D eigenvalue weighted by molar-refractivity contribution is 5.96. The van der Waals surface area contributed by atoms with Crippen LogP contribution in [0.1, 0.15) is 17.5 Å². The van der Waals surface area contributed by atoms with E-state index in [0.717, 1.165) is 16.9 Å². The molecule has 1 aliphatic rings. The Morgan fingerprint density at radius 2 is 2.10 bits per heavy atom. The Kier molecular flexibility index (Phi) is 3.20. The maximum atomic E-state index is 11.5. The van der Waals surface area contributed by atoms with Crippen molar-refractivity contribution in [2.75, 3.05) is 16.4 Å². The van der Waals surface area contributed by atoms with Crippen molar-refractivity contribution >= 4 is 28.7 Å². The van der Waals surface area contributed by atoms with Gasteiger partial charge in [-0.05, 0) is 42.3 Å². The summed E-state index contributed by atoms with van der Waals surface area (Å²) >= 11 is 0. The molecule has 1 amide bonds. The number of nitrogen functional groups attached to an aromatic ring is 1. The Hall–Kier alpha value is -3.00. The van der Waals surface area contributed by atoms with Crippen LogP contribution in [-0.4, -0.2) is 5.91 Å². The highest BCUT2D eigenvalue weighted by Crippen LogP contribution is 2.32. The van der Waals surface area contributed by atoms with Crippen LogP contribution in [0.3, 0.4) is 0 Å². The number of aryl methyl sites for hydroxylation is 1. The second-order valence-corrected chi connectivity index (χ2v) is 4.96. The molecule has 2 aromatic rings. The smallest absolute Gasteiger partial charge is 0.224 e. The zero-order chi connectivity index (χ0) is 14.8. The van der Waals surface area contributed by atoms with E-state index in [1.54, 1.807) is 18.2 Å². The molecule has 0 saturated carbocycles. The van der Waals surface area contributed by atoms with Crippen LogP contribution in [0.25, 0.3) is 0 Å². The lowest BCUT2D eigenvalue weighted by Gasteiger charge is -2.20. The second kappa shape index (κ2) is 5.17. The largest absolute Gasteiger partial charge is 0.397 e. The van der Waals surface area contributed by atoms with E-state index < -0.39 is 0 Å². The van der Waals surface area contributed by atoms with Crippen molar-refractivity contribution in [3.63, 3.8) is 0 Å². The van der Waals surface area contributed by atoms with Crippen molar-refractivity contribution in [3.05, 3.63) is 47.5 Å². The minimum Gasteiger partial charge on any atom is -0.397 e. The summed E-state index contributed by atoms with van der Waals surface area (Å²) in [6, 6.07) is 13.0. The predicted octanol–water partition coefficient (Wildman–Crippen LogP) is 2.77. The lowest BCUT2D eigenvalue weighted by molar-refractivity contribution is -0.116. The van der Waals surface area contributed by atoms with Gasteiger partial charge >= 0.3 is 0 Å².